The predicted octanol–water partition coefficient (Wildman–Crippen LogP) is 3.69. The summed E-state index contributed by atoms with van der Waals surface area (Å²) in [7, 11) is 0. The third-order valence-electron chi connectivity index (χ3n) is 6.88. The summed E-state index contributed by atoms with van der Waals surface area (Å²) in [6.45, 7) is 0.0799. The Morgan fingerprint density at radius 2 is 1.89 bits per heavy atom. The van der Waals surface area contributed by atoms with E-state index in [1.54, 1.807) is 10.7 Å². The average Bonchev–Trinajstić information content (AvgIpc) is 3.58. The number of anilines is 1. The van der Waals surface area contributed by atoms with Crippen LogP contribution < -0.4 is 16.4 Å². The van der Waals surface area contributed by atoms with Crippen molar-refractivity contribution in [3.05, 3.63) is 47.2 Å². The molecule has 1 heterocycles. The van der Waals surface area contributed by atoms with Crippen LogP contribution in [0.25, 0.3) is 0 Å². The summed E-state index contributed by atoms with van der Waals surface area (Å²) in [6.07, 6.45) is 1.03. The molecule has 186 valence electrons. The topological polar surface area (TPSA) is 126 Å². The summed E-state index contributed by atoms with van der Waals surface area (Å²) in [5.74, 6) is -0.930. The van der Waals surface area contributed by atoms with Crippen LogP contribution in [0.4, 0.5) is 19.0 Å². The van der Waals surface area contributed by atoms with Gasteiger partial charge in [-0.3, -0.25) is 14.3 Å². The number of alkyl halides is 3. The van der Waals surface area contributed by atoms with Crippen LogP contribution in [0, 0.1) is 17.2 Å². The zero-order chi connectivity index (χ0) is 25.2. The first-order valence-electron chi connectivity index (χ1n) is 11.6. The van der Waals surface area contributed by atoms with Gasteiger partial charge in [-0.2, -0.15) is 23.5 Å². The quantitative estimate of drug-likeness (QED) is 0.523. The molecule has 2 fully saturated rings. The number of nitrogens with zero attached hydrogens (tertiary/aromatic N) is 3. The molecule has 2 aliphatic carbocycles. The van der Waals surface area contributed by atoms with Gasteiger partial charge in [0, 0.05) is 24.7 Å². The molecule has 2 aromatic rings. The highest BCUT2D eigenvalue weighted by atomic mass is 19.4. The fraction of sp³-hybridized carbons (Fsp3) is 0.500. The molecule has 0 bridgehead atoms. The lowest BCUT2D eigenvalue weighted by atomic mass is 9.77. The zero-order valence-electron chi connectivity index (χ0n) is 19.1. The molecule has 8 nitrogen and oxygen atoms in total. The highest BCUT2D eigenvalue weighted by molar-refractivity contribution is 6.02. The molecule has 2 saturated carbocycles. The molecule has 0 aliphatic heterocycles. The van der Waals surface area contributed by atoms with Gasteiger partial charge in [0.25, 0.3) is 5.91 Å². The minimum atomic E-state index is -4.42. The number of carbonyl (C=O) groups excluding carboxylic acids is 2. The van der Waals surface area contributed by atoms with Gasteiger partial charge in [-0.1, -0.05) is 18.2 Å². The fourth-order valence-corrected chi connectivity index (χ4v) is 4.65. The normalized spacial score (nSPS) is 22.4. The van der Waals surface area contributed by atoms with Crippen molar-refractivity contribution in [3.63, 3.8) is 0 Å². The van der Waals surface area contributed by atoms with Crippen LogP contribution in [0.5, 0.6) is 0 Å². The Bertz CT molecular complexity index is 1140. The molecule has 2 amide bonds. The molecule has 0 saturated heterocycles. The number of nitrogens with one attached hydrogen (secondary N) is 2. The summed E-state index contributed by atoms with van der Waals surface area (Å²) in [6, 6.07) is 7.64. The Kier molecular flexibility index (Phi) is 6.85. The number of amides is 2. The van der Waals surface area contributed by atoms with Crippen LogP contribution in [-0.2, 0) is 23.1 Å². The largest absolute Gasteiger partial charge is 0.416 e. The Morgan fingerprint density at radius 1 is 1.20 bits per heavy atom. The van der Waals surface area contributed by atoms with Crippen molar-refractivity contribution < 1.29 is 22.8 Å². The van der Waals surface area contributed by atoms with Crippen molar-refractivity contribution in [1.29, 1.82) is 5.26 Å². The van der Waals surface area contributed by atoms with E-state index < -0.39 is 23.2 Å². The van der Waals surface area contributed by atoms with Crippen LogP contribution in [-0.4, -0.2) is 27.6 Å². The molecule has 0 radical (unpaired) electrons. The Hall–Kier alpha value is -3.39. The van der Waals surface area contributed by atoms with Crippen molar-refractivity contribution in [2.45, 2.75) is 69.2 Å². The Balaban J connectivity index is 1.46. The van der Waals surface area contributed by atoms with E-state index in [1.165, 1.54) is 18.3 Å². The summed E-state index contributed by atoms with van der Waals surface area (Å²) in [5, 5.41) is 19.8. The first-order valence-corrected chi connectivity index (χ1v) is 11.6. The number of rotatable bonds is 8. The predicted molar refractivity (Wildman–Crippen MR) is 121 cm³/mol. The van der Waals surface area contributed by atoms with Crippen molar-refractivity contribution >= 4 is 17.6 Å². The minimum absolute atomic E-state index is 0.0386. The van der Waals surface area contributed by atoms with Gasteiger partial charge in [0.05, 0.1) is 23.6 Å². The maximum atomic E-state index is 13.3. The second-order valence-corrected chi connectivity index (χ2v) is 9.33. The number of hydrogen-bond acceptors (Lipinski definition) is 5. The van der Waals surface area contributed by atoms with E-state index in [-0.39, 0.29) is 47.8 Å². The molecule has 11 heteroatoms. The Labute approximate surface area is 200 Å². The van der Waals surface area contributed by atoms with Gasteiger partial charge >= 0.3 is 6.18 Å². The van der Waals surface area contributed by atoms with Crippen LogP contribution in [0.2, 0.25) is 0 Å². The van der Waals surface area contributed by atoms with E-state index in [0.29, 0.717) is 25.7 Å². The maximum Gasteiger partial charge on any atom is 0.416 e. The van der Waals surface area contributed by atoms with Crippen molar-refractivity contribution in [1.82, 2.24) is 15.1 Å². The van der Waals surface area contributed by atoms with Gasteiger partial charge in [-0.15, -0.1) is 0 Å². The third-order valence-corrected chi connectivity index (χ3v) is 6.88. The summed E-state index contributed by atoms with van der Waals surface area (Å²) >= 11 is 0. The summed E-state index contributed by atoms with van der Waals surface area (Å²) < 4.78 is 41.4. The lowest BCUT2D eigenvalue weighted by Gasteiger charge is -2.39. The maximum absolute atomic E-state index is 13.3. The standard InChI is InChI=1S/C24H27F3N6O2/c25-24(26,27)19-4-2-1-3-16(19)13-30-17-7-9-23(10-8-17,11-12-28)33-14-18(20(29)34)21(32-33)31-22(35)15-5-6-15/h1-4,14-15,17,30H,5-11,13H2,(H2,29,34)(H,31,32,35). The summed E-state index contributed by atoms with van der Waals surface area (Å²) in [5.41, 5.74) is 4.41. The number of carbonyl (C=O) groups is 2. The Morgan fingerprint density at radius 3 is 2.49 bits per heavy atom. The monoisotopic (exact) mass is 488 g/mol. The SMILES string of the molecule is N#CCC1(n2cc(C(N)=O)c(NC(=O)C3CC3)n2)CCC(NCc2ccccc2C(F)(F)F)CC1. The first kappa shape index (κ1) is 24.7. The molecule has 1 aromatic carbocycles. The first-order chi connectivity index (χ1) is 16.6. The number of nitrogens with two attached hydrogens (primary N) is 1. The number of aromatic nitrogens is 2. The number of benzene rings is 1. The van der Waals surface area contributed by atoms with Crippen molar-refractivity contribution in [2.24, 2.45) is 11.7 Å². The van der Waals surface area contributed by atoms with Crippen molar-refractivity contribution in [3.8, 4) is 6.07 Å². The molecular formula is C24H27F3N6O2. The molecular weight excluding hydrogens is 461 g/mol. The number of nitriles is 1. The average molecular weight is 489 g/mol. The van der Waals surface area contributed by atoms with Gasteiger partial charge in [0.1, 0.15) is 5.56 Å². The smallest absolute Gasteiger partial charge is 0.365 e. The molecule has 35 heavy (non-hydrogen) atoms. The van der Waals surface area contributed by atoms with Crippen LogP contribution in [0.15, 0.2) is 30.5 Å². The number of hydrogen-bond donors (Lipinski definition) is 3. The molecule has 0 spiro atoms. The molecule has 4 rings (SSSR count). The van der Waals surface area contributed by atoms with Crippen LogP contribution in [0.1, 0.15) is 66.4 Å². The number of primary amides is 1. The highest BCUT2D eigenvalue weighted by Crippen LogP contribution is 2.39. The second kappa shape index (κ2) is 9.70. The van der Waals surface area contributed by atoms with E-state index in [4.69, 9.17) is 5.73 Å². The van der Waals surface area contributed by atoms with E-state index in [1.807, 2.05) is 0 Å². The van der Waals surface area contributed by atoms with E-state index >= 15 is 0 Å². The fourth-order valence-electron chi connectivity index (χ4n) is 4.65. The van der Waals surface area contributed by atoms with Gasteiger partial charge in [0.15, 0.2) is 5.82 Å². The molecule has 0 atom stereocenters. The van der Waals surface area contributed by atoms with Crippen LogP contribution in [0.3, 0.4) is 0 Å². The van der Waals surface area contributed by atoms with Gasteiger partial charge in [0.2, 0.25) is 5.91 Å². The van der Waals surface area contributed by atoms with Crippen LogP contribution >= 0.6 is 0 Å². The molecule has 2 aliphatic rings. The second-order valence-electron chi connectivity index (χ2n) is 9.33. The van der Waals surface area contributed by atoms with E-state index in [2.05, 4.69) is 21.8 Å². The zero-order valence-corrected chi connectivity index (χ0v) is 19.1. The van der Waals surface area contributed by atoms with E-state index in [9.17, 15) is 28.0 Å². The van der Waals surface area contributed by atoms with Gasteiger partial charge < -0.3 is 16.4 Å². The number of halogens is 3. The molecule has 1 aromatic heterocycles. The lowest BCUT2D eigenvalue weighted by Crippen LogP contribution is -2.43. The van der Waals surface area contributed by atoms with Gasteiger partial charge in [-0.25, -0.2) is 0 Å². The summed E-state index contributed by atoms with van der Waals surface area (Å²) in [4.78, 5) is 24.2. The van der Waals surface area contributed by atoms with Crippen molar-refractivity contribution in [2.75, 3.05) is 5.32 Å². The van der Waals surface area contributed by atoms with Gasteiger partial charge in [-0.05, 0) is 50.2 Å². The molecule has 4 N–H and O–H groups in total. The third kappa shape index (κ3) is 5.48. The van der Waals surface area contributed by atoms with E-state index in [0.717, 1.165) is 18.9 Å². The highest BCUT2D eigenvalue weighted by Gasteiger charge is 2.40. The minimum Gasteiger partial charge on any atom is -0.365 e. The lowest BCUT2D eigenvalue weighted by molar-refractivity contribution is -0.138. The molecule has 0 unspecified atom stereocenters.